The molecule has 0 bridgehead atoms. The number of rotatable bonds is 3. The van der Waals surface area contributed by atoms with E-state index in [0.29, 0.717) is 5.56 Å². The zero-order chi connectivity index (χ0) is 17.1. The molecular formula is C18H20N4OS. The van der Waals surface area contributed by atoms with E-state index < -0.39 is 0 Å². The first-order valence-electron chi connectivity index (χ1n) is 8.12. The second kappa shape index (κ2) is 7.02. The minimum absolute atomic E-state index is 0.151. The topological polar surface area (TPSA) is 61.4 Å². The van der Waals surface area contributed by atoms with Gasteiger partial charge in [-0.3, -0.25) is 4.79 Å². The van der Waals surface area contributed by atoms with Gasteiger partial charge in [0.15, 0.2) is 0 Å². The molecule has 0 unspecified atom stereocenters. The van der Waals surface area contributed by atoms with Gasteiger partial charge in [0.25, 0.3) is 5.56 Å². The molecule has 0 aliphatic carbocycles. The number of hydrogen-bond donors (Lipinski definition) is 0. The summed E-state index contributed by atoms with van der Waals surface area (Å²) < 4.78 is 1.30. The lowest BCUT2D eigenvalue weighted by Gasteiger charge is -2.27. The molecule has 1 aliphatic rings. The monoisotopic (exact) mass is 340 g/mol. The molecule has 1 fully saturated rings. The highest BCUT2D eigenvalue weighted by Gasteiger charge is 2.13. The van der Waals surface area contributed by atoms with E-state index in [9.17, 15) is 4.79 Å². The molecule has 2 aromatic heterocycles. The highest BCUT2D eigenvalue weighted by atomic mass is 32.1. The molecule has 5 nitrogen and oxygen atoms in total. The van der Waals surface area contributed by atoms with E-state index in [2.05, 4.69) is 16.1 Å². The Kier molecular flexibility index (Phi) is 4.81. The fourth-order valence-corrected chi connectivity index (χ4v) is 3.90. The molecule has 0 saturated carbocycles. The number of nitrogens with zero attached hydrogens (tertiary/aromatic N) is 4. The Morgan fingerprint density at radius 1 is 1.25 bits per heavy atom. The Hall–Kier alpha value is -2.39. The Balaban J connectivity index is 1.86. The number of piperidine rings is 1. The van der Waals surface area contributed by atoms with Crippen LogP contribution in [0.5, 0.6) is 0 Å². The summed E-state index contributed by atoms with van der Waals surface area (Å²) in [7, 11) is 0. The van der Waals surface area contributed by atoms with Crippen LogP contribution in [0.3, 0.4) is 0 Å². The lowest BCUT2D eigenvalue weighted by atomic mass is 10.1. The summed E-state index contributed by atoms with van der Waals surface area (Å²) in [5.41, 5.74) is 1.20. The standard InChI is InChI=1S/C18H20N4OS/c1-13-10-14(2)22(18(23)16(13)11-19)20-12-15-6-7-17(24-15)21-8-4-3-5-9-21/h6-7,10,12H,3-5,8-9H2,1-2H3/b20-12-. The summed E-state index contributed by atoms with van der Waals surface area (Å²) in [6, 6.07) is 7.92. The van der Waals surface area contributed by atoms with E-state index in [1.54, 1.807) is 24.5 Å². The zero-order valence-electron chi connectivity index (χ0n) is 14.0. The fourth-order valence-electron chi connectivity index (χ4n) is 2.97. The number of thiophene rings is 1. The number of hydrogen-bond acceptors (Lipinski definition) is 5. The van der Waals surface area contributed by atoms with Gasteiger partial charge in [-0.2, -0.15) is 10.4 Å². The Morgan fingerprint density at radius 2 is 2.00 bits per heavy atom. The lowest BCUT2D eigenvalue weighted by Crippen LogP contribution is -2.28. The predicted octanol–water partition coefficient (Wildman–Crippen LogP) is 3.27. The summed E-state index contributed by atoms with van der Waals surface area (Å²) in [4.78, 5) is 15.7. The van der Waals surface area contributed by atoms with Crippen LogP contribution < -0.4 is 10.5 Å². The number of pyridine rings is 1. The van der Waals surface area contributed by atoms with Crippen molar-refractivity contribution in [2.24, 2.45) is 5.10 Å². The number of aryl methyl sites for hydroxylation is 2. The van der Waals surface area contributed by atoms with Gasteiger partial charge in [0.1, 0.15) is 11.6 Å². The van der Waals surface area contributed by atoms with Crippen molar-refractivity contribution in [3.8, 4) is 6.07 Å². The molecule has 0 N–H and O–H groups in total. The molecule has 6 heteroatoms. The average molecular weight is 340 g/mol. The fraction of sp³-hybridized carbons (Fsp3) is 0.389. The molecule has 0 amide bonds. The molecule has 0 radical (unpaired) electrons. The minimum Gasteiger partial charge on any atom is -0.363 e. The van der Waals surface area contributed by atoms with Gasteiger partial charge in [-0.1, -0.05) is 0 Å². The van der Waals surface area contributed by atoms with E-state index in [-0.39, 0.29) is 11.1 Å². The minimum atomic E-state index is -0.362. The quantitative estimate of drug-likeness (QED) is 0.806. The van der Waals surface area contributed by atoms with Crippen LogP contribution in [0.15, 0.2) is 28.1 Å². The van der Waals surface area contributed by atoms with E-state index in [4.69, 9.17) is 5.26 Å². The van der Waals surface area contributed by atoms with E-state index in [1.807, 2.05) is 25.1 Å². The third-order valence-electron chi connectivity index (χ3n) is 4.25. The molecule has 24 heavy (non-hydrogen) atoms. The van der Waals surface area contributed by atoms with Gasteiger partial charge in [0, 0.05) is 23.7 Å². The van der Waals surface area contributed by atoms with Crippen LogP contribution in [0.1, 0.15) is 41.0 Å². The summed E-state index contributed by atoms with van der Waals surface area (Å²) in [6.45, 7) is 5.81. The SMILES string of the molecule is Cc1cc(C)n(/N=C\c2ccc(N3CCCCC3)s2)c(=O)c1C#N. The highest BCUT2D eigenvalue weighted by Crippen LogP contribution is 2.27. The summed E-state index contributed by atoms with van der Waals surface area (Å²) in [6.07, 6.45) is 5.50. The number of nitriles is 1. The lowest BCUT2D eigenvalue weighted by molar-refractivity contribution is 0.580. The van der Waals surface area contributed by atoms with Crippen molar-refractivity contribution in [3.05, 3.63) is 50.3 Å². The molecule has 3 rings (SSSR count). The normalized spacial score (nSPS) is 15.0. The number of anilines is 1. The van der Waals surface area contributed by atoms with Crippen molar-refractivity contribution >= 4 is 22.6 Å². The highest BCUT2D eigenvalue weighted by molar-refractivity contribution is 7.17. The van der Waals surface area contributed by atoms with E-state index in [1.165, 1.54) is 28.9 Å². The van der Waals surface area contributed by atoms with Crippen LogP contribution >= 0.6 is 11.3 Å². The molecule has 0 aromatic carbocycles. The molecular weight excluding hydrogens is 320 g/mol. The molecule has 124 valence electrons. The molecule has 3 heterocycles. The van der Waals surface area contributed by atoms with Gasteiger partial charge < -0.3 is 4.90 Å². The van der Waals surface area contributed by atoms with Crippen molar-refractivity contribution in [1.29, 1.82) is 5.26 Å². The maximum atomic E-state index is 12.3. The smallest absolute Gasteiger partial charge is 0.289 e. The van der Waals surface area contributed by atoms with Gasteiger partial charge in [0.05, 0.1) is 11.2 Å². The number of aromatic nitrogens is 1. The summed E-state index contributed by atoms with van der Waals surface area (Å²) >= 11 is 1.68. The van der Waals surface area contributed by atoms with Crippen molar-refractivity contribution < 1.29 is 0 Å². The van der Waals surface area contributed by atoms with Gasteiger partial charge in [-0.25, -0.2) is 4.68 Å². The molecule has 0 atom stereocenters. The molecule has 1 saturated heterocycles. The van der Waals surface area contributed by atoms with E-state index >= 15 is 0 Å². The molecule has 2 aromatic rings. The largest absolute Gasteiger partial charge is 0.363 e. The van der Waals surface area contributed by atoms with Crippen molar-refractivity contribution in [2.45, 2.75) is 33.1 Å². The zero-order valence-corrected chi connectivity index (χ0v) is 14.8. The second-order valence-corrected chi connectivity index (χ2v) is 7.13. The first-order valence-corrected chi connectivity index (χ1v) is 8.94. The average Bonchev–Trinajstić information content (AvgIpc) is 3.04. The van der Waals surface area contributed by atoms with Crippen molar-refractivity contribution in [3.63, 3.8) is 0 Å². The van der Waals surface area contributed by atoms with Crippen LogP contribution in [0, 0.1) is 25.2 Å². The van der Waals surface area contributed by atoms with Gasteiger partial charge in [0.2, 0.25) is 0 Å². The predicted molar refractivity (Wildman–Crippen MR) is 98.3 cm³/mol. The Labute approximate surface area is 145 Å². The second-order valence-electron chi connectivity index (χ2n) is 6.04. The summed E-state index contributed by atoms with van der Waals surface area (Å²) in [5.74, 6) is 0. The Bertz CT molecular complexity index is 866. The van der Waals surface area contributed by atoms with Crippen LogP contribution in [0.4, 0.5) is 5.00 Å². The Morgan fingerprint density at radius 3 is 2.71 bits per heavy atom. The van der Waals surface area contributed by atoms with Gasteiger partial charge >= 0.3 is 0 Å². The van der Waals surface area contributed by atoms with Crippen LogP contribution in [-0.2, 0) is 0 Å². The van der Waals surface area contributed by atoms with Gasteiger partial charge in [-0.05, 0) is 56.9 Å². The van der Waals surface area contributed by atoms with Crippen molar-refractivity contribution in [1.82, 2.24) is 4.68 Å². The van der Waals surface area contributed by atoms with Crippen LogP contribution in [0.2, 0.25) is 0 Å². The van der Waals surface area contributed by atoms with Crippen LogP contribution in [-0.4, -0.2) is 24.0 Å². The third-order valence-corrected chi connectivity index (χ3v) is 5.33. The third kappa shape index (κ3) is 3.26. The molecule has 1 aliphatic heterocycles. The van der Waals surface area contributed by atoms with Crippen molar-refractivity contribution in [2.75, 3.05) is 18.0 Å². The van der Waals surface area contributed by atoms with E-state index in [0.717, 1.165) is 23.7 Å². The summed E-state index contributed by atoms with van der Waals surface area (Å²) in [5, 5.41) is 14.7. The first kappa shape index (κ1) is 16.5. The first-order chi connectivity index (χ1) is 11.6. The molecule has 0 spiro atoms. The van der Waals surface area contributed by atoms with Gasteiger partial charge in [-0.15, -0.1) is 11.3 Å². The maximum absolute atomic E-state index is 12.3. The van der Waals surface area contributed by atoms with Crippen LogP contribution in [0.25, 0.3) is 0 Å². The maximum Gasteiger partial charge on any atom is 0.289 e.